The number of benzene rings is 1. The van der Waals surface area contributed by atoms with E-state index in [2.05, 4.69) is 15.0 Å². The highest BCUT2D eigenvalue weighted by Crippen LogP contribution is 2.27. The molecule has 128 valence electrons. The number of primary amides is 1. The van der Waals surface area contributed by atoms with Crippen molar-refractivity contribution in [3.63, 3.8) is 0 Å². The summed E-state index contributed by atoms with van der Waals surface area (Å²) in [5.74, 6) is -0.478. The lowest BCUT2D eigenvalue weighted by Crippen LogP contribution is -2.49. The molecule has 1 aliphatic rings. The van der Waals surface area contributed by atoms with E-state index in [-0.39, 0.29) is 6.42 Å². The van der Waals surface area contributed by atoms with Crippen molar-refractivity contribution in [2.75, 3.05) is 13.1 Å². The van der Waals surface area contributed by atoms with E-state index in [0.29, 0.717) is 24.5 Å². The van der Waals surface area contributed by atoms with Crippen LogP contribution in [0.5, 0.6) is 0 Å². The third-order valence-corrected chi connectivity index (χ3v) is 4.48. The summed E-state index contributed by atoms with van der Waals surface area (Å²) in [7, 11) is 0. The van der Waals surface area contributed by atoms with Crippen molar-refractivity contribution < 1.29 is 9.90 Å². The molecule has 1 fully saturated rings. The van der Waals surface area contributed by atoms with Crippen LogP contribution in [0.3, 0.4) is 0 Å². The van der Waals surface area contributed by atoms with Gasteiger partial charge in [0.1, 0.15) is 12.7 Å². The monoisotopic (exact) mass is 349 g/mol. The fraction of sp³-hybridized carbons (Fsp3) is 0.438. The number of nitrogens with zero attached hydrogens (tertiary/aromatic N) is 4. The molecule has 0 spiro atoms. The van der Waals surface area contributed by atoms with Crippen LogP contribution >= 0.6 is 11.6 Å². The fourth-order valence-corrected chi connectivity index (χ4v) is 3.43. The van der Waals surface area contributed by atoms with Crippen molar-refractivity contribution in [3.8, 4) is 5.69 Å². The largest absolute Gasteiger partial charge is 0.388 e. The minimum atomic E-state index is -1.05. The first-order valence-electron chi connectivity index (χ1n) is 7.82. The number of hydrogen-bond acceptors (Lipinski definition) is 5. The molecule has 1 aliphatic heterocycles. The molecule has 0 aliphatic carbocycles. The van der Waals surface area contributed by atoms with Gasteiger partial charge >= 0.3 is 0 Å². The summed E-state index contributed by atoms with van der Waals surface area (Å²) in [4.78, 5) is 17.3. The van der Waals surface area contributed by atoms with Gasteiger partial charge in [-0.2, -0.15) is 5.10 Å². The number of nitrogens with two attached hydrogens (primary N) is 1. The number of hydrogen-bond donors (Lipinski definition) is 2. The second kappa shape index (κ2) is 6.88. The maximum atomic E-state index is 11.2. The molecule has 3 rings (SSSR count). The molecular weight excluding hydrogens is 330 g/mol. The fourth-order valence-electron chi connectivity index (χ4n) is 3.27. The Labute approximate surface area is 145 Å². The molecule has 1 unspecified atom stereocenters. The summed E-state index contributed by atoms with van der Waals surface area (Å²) in [5, 5.41) is 15.4. The predicted octanol–water partition coefficient (Wildman–Crippen LogP) is 1.12. The Morgan fingerprint density at radius 1 is 1.46 bits per heavy atom. The minimum Gasteiger partial charge on any atom is -0.388 e. The third kappa shape index (κ3) is 3.92. The van der Waals surface area contributed by atoms with Crippen molar-refractivity contribution in [1.29, 1.82) is 0 Å². The molecule has 1 aromatic heterocycles. The van der Waals surface area contributed by atoms with E-state index < -0.39 is 11.5 Å². The number of carbonyl (C=O) groups is 1. The molecule has 1 saturated heterocycles. The summed E-state index contributed by atoms with van der Waals surface area (Å²) >= 11 is 6.11. The molecule has 1 amide bonds. The van der Waals surface area contributed by atoms with Crippen molar-refractivity contribution in [2.45, 2.75) is 31.4 Å². The molecule has 0 saturated carbocycles. The van der Waals surface area contributed by atoms with Crippen LogP contribution in [0.15, 0.2) is 30.9 Å². The molecule has 8 heteroatoms. The van der Waals surface area contributed by atoms with Crippen LogP contribution in [0, 0.1) is 0 Å². The van der Waals surface area contributed by atoms with Gasteiger partial charge in [0.05, 0.1) is 17.7 Å². The molecule has 0 bridgehead atoms. The smallest absolute Gasteiger partial charge is 0.220 e. The lowest BCUT2D eigenvalue weighted by molar-refractivity contribution is -0.125. The molecular formula is C16H20ClN5O2. The van der Waals surface area contributed by atoms with E-state index in [4.69, 9.17) is 17.3 Å². The Hall–Kier alpha value is -1.96. The zero-order valence-corrected chi connectivity index (χ0v) is 14.0. The zero-order chi connectivity index (χ0) is 17.2. The quantitative estimate of drug-likeness (QED) is 0.843. The van der Waals surface area contributed by atoms with Gasteiger partial charge in [0.15, 0.2) is 0 Å². The van der Waals surface area contributed by atoms with Gasteiger partial charge in [0.2, 0.25) is 5.91 Å². The molecule has 3 N–H and O–H groups in total. The van der Waals surface area contributed by atoms with Gasteiger partial charge in [-0.15, -0.1) is 0 Å². The van der Waals surface area contributed by atoms with Gasteiger partial charge < -0.3 is 10.8 Å². The molecule has 7 nitrogen and oxygen atoms in total. The molecule has 1 atom stereocenters. The Balaban J connectivity index is 1.80. The number of piperidine rings is 1. The van der Waals surface area contributed by atoms with E-state index in [1.165, 1.54) is 6.33 Å². The van der Waals surface area contributed by atoms with Crippen LogP contribution in [-0.4, -0.2) is 49.4 Å². The van der Waals surface area contributed by atoms with Crippen molar-refractivity contribution in [1.82, 2.24) is 19.7 Å². The Morgan fingerprint density at radius 3 is 3.00 bits per heavy atom. The molecule has 0 radical (unpaired) electrons. The predicted molar refractivity (Wildman–Crippen MR) is 89.6 cm³/mol. The minimum absolute atomic E-state index is 0.0138. The number of carbonyl (C=O) groups excluding carboxylic acids is 1. The summed E-state index contributed by atoms with van der Waals surface area (Å²) in [5.41, 5.74) is 6.08. The Kier molecular flexibility index (Phi) is 4.84. The van der Waals surface area contributed by atoms with Gasteiger partial charge in [-0.1, -0.05) is 17.7 Å². The lowest BCUT2D eigenvalue weighted by Gasteiger charge is -2.38. The van der Waals surface area contributed by atoms with Crippen LogP contribution in [0.4, 0.5) is 0 Å². The van der Waals surface area contributed by atoms with Gasteiger partial charge in [0, 0.05) is 18.1 Å². The highest BCUT2D eigenvalue weighted by molar-refractivity contribution is 6.30. The van der Waals surface area contributed by atoms with E-state index >= 15 is 0 Å². The van der Waals surface area contributed by atoms with Crippen molar-refractivity contribution in [2.24, 2.45) is 5.73 Å². The number of likely N-dealkylation sites (tertiary alicyclic amines) is 1. The molecule has 2 heterocycles. The third-order valence-electron chi connectivity index (χ3n) is 4.24. The number of halogens is 1. The maximum absolute atomic E-state index is 11.2. The van der Waals surface area contributed by atoms with E-state index in [0.717, 1.165) is 24.2 Å². The average Bonchev–Trinajstić information content (AvgIpc) is 3.02. The second-order valence-electron chi connectivity index (χ2n) is 6.29. The number of β-amino-alcohol motifs (C(OH)–C–C–N with tert-alkyl or cyclic N) is 1. The SMILES string of the molecule is NC(=O)CC1(O)CCCN(Cc2ccc(Cl)cc2-n2cncn2)C1. The Bertz CT molecular complexity index is 721. The van der Waals surface area contributed by atoms with Crippen LogP contribution in [0.2, 0.25) is 5.02 Å². The first-order valence-corrected chi connectivity index (χ1v) is 8.19. The maximum Gasteiger partial charge on any atom is 0.220 e. The summed E-state index contributed by atoms with van der Waals surface area (Å²) in [6.07, 6.45) is 4.48. The van der Waals surface area contributed by atoms with Crippen LogP contribution in [0.25, 0.3) is 5.69 Å². The van der Waals surface area contributed by atoms with Crippen molar-refractivity contribution in [3.05, 3.63) is 41.4 Å². The second-order valence-corrected chi connectivity index (χ2v) is 6.73. The molecule has 1 aromatic carbocycles. The number of aliphatic hydroxyl groups is 1. The number of aromatic nitrogens is 3. The van der Waals surface area contributed by atoms with Gasteiger partial charge in [-0.25, -0.2) is 9.67 Å². The lowest BCUT2D eigenvalue weighted by atomic mass is 9.89. The zero-order valence-electron chi connectivity index (χ0n) is 13.2. The first-order chi connectivity index (χ1) is 11.5. The van der Waals surface area contributed by atoms with Crippen molar-refractivity contribution >= 4 is 17.5 Å². The molecule has 2 aromatic rings. The molecule has 24 heavy (non-hydrogen) atoms. The van der Waals surface area contributed by atoms with Gasteiger partial charge in [-0.05, 0) is 37.1 Å². The summed E-state index contributed by atoms with van der Waals surface area (Å²) in [6, 6.07) is 5.61. The summed E-state index contributed by atoms with van der Waals surface area (Å²) < 4.78 is 1.67. The van der Waals surface area contributed by atoms with Crippen LogP contribution < -0.4 is 5.73 Å². The van der Waals surface area contributed by atoms with Crippen LogP contribution in [-0.2, 0) is 11.3 Å². The highest BCUT2D eigenvalue weighted by atomic mass is 35.5. The van der Waals surface area contributed by atoms with Gasteiger partial charge in [-0.3, -0.25) is 9.69 Å². The topological polar surface area (TPSA) is 97.3 Å². The Morgan fingerprint density at radius 2 is 2.29 bits per heavy atom. The van der Waals surface area contributed by atoms with Crippen LogP contribution in [0.1, 0.15) is 24.8 Å². The number of rotatable bonds is 5. The number of amides is 1. The van der Waals surface area contributed by atoms with E-state index in [1.54, 1.807) is 11.0 Å². The summed E-state index contributed by atoms with van der Waals surface area (Å²) in [6.45, 7) is 1.88. The van der Waals surface area contributed by atoms with E-state index in [1.807, 2.05) is 18.2 Å². The average molecular weight is 350 g/mol. The first kappa shape index (κ1) is 16.9. The standard InChI is InChI=1S/C16H20ClN5O2/c17-13-3-2-12(14(6-13)22-11-19-10-20-22)8-21-5-1-4-16(24,9-21)7-15(18)23/h2-3,6,10-11,24H,1,4-5,7-9H2,(H2,18,23). The normalized spacial score (nSPS) is 21.8. The van der Waals surface area contributed by atoms with E-state index in [9.17, 15) is 9.90 Å². The van der Waals surface area contributed by atoms with Gasteiger partial charge in [0.25, 0.3) is 0 Å². The highest BCUT2D eigenvalue weighted by Gasteiger charge is 2.34.